The van der Waals surface area contributed by atoms with Crippen LogP contribution in [0.2, 0.25) is 0 Å². The fourth-order valence-electron chi connectivity index (χ4n) is 2.85. The average Bonchev–Trinajstić information content (AvgIpc) is 2.79. The van der Waals surface area contributed by atoms with Crippen molar-refractivity contribution in [3.63, 3.8) is 0 Å². The molecule has 3 nitrogen and oxygen atoms in total. The minimum Gasteiger partial charge on any atom is -0.387 e. The normalized spacial score (nSPS) is 10.6. The second-order valence-electron chi connectivity index (χ2n) is 7.57. The number of carbonyl (C=O) groups excluding carboxylic acids is 2. The van der Waals surface area contributed by atoms with Crippen LogP contribution < -0.4 is 0 Å². The molecule has 0 fully saturated rings. The van der Waals surface area contributed by atoms with Crippen LogP contribution in [0, 0.1) is 0 Å². The van der Waals surface area contributed by atoms with E-state index in [1.165, 1.54) is 69.1 Å². The molecule has 1 aromatic carbocycles. The summed E-state index contributed by atoms with van der Waals surface area (Å²) in [5.41, 5.74) is 1.17. The van der Waals surface area contributed by atoms with Gasteiger partial charge in [-0.1, -0.05) is 120 Å². The second kappa shape index (κ2) is 22.3. The van der Waals surface area contributed by atoms with Crippen LogP contribution in [0.3, 0.4) is 0 Å². The summed E-state index contributed by atoms with van der Waals surface area (Å²) in [4.78, 5) is 22.9. The van der Waals surface area contributed by atoms with Crippen molar-refractivity contribution in [2.24, 2.45) is 0 Å². The maximum atomic E-state index is 11.4. The number of allylic oxidation sites excluding steroid dienone is 2. The summed E-state index contributed by atoms with van der Waals surface area (Å²) in [7, 11) is 0. The number of esters is 2. The highest BCUT2D eigenvalue weighted by Gasteiger charge is 2.02. The second-order valence-corrected chi connectivity index (χ2v) is 7.57. The molecule has 0 amide bonds. The third kappa shape index (κ3) is 20.6. The number of carbonyl (C=O) groups is 2. The van der Waals surface area contributed by atoms with E-state index in [0.29, 0.717) is 0 Å². The van der Waals surface area contributed by atoms with Crippen LogP contribution in [0.1, 0.15) is 96.5 Å². The van der Waals surface area contributed by atoms with Gasteiger partial charge in [-0.05, 0) is 31.2 Å². The van der Waals surface area contributed by atoms with E-state index in [1.807, 2.05) is 36.4 Å². The van der Waals surface area contributed by atoms with Gasteiger partial charge in [0.15, 0.2) is 0 Å². The van der Waals surface area contributed by atoms with Gasteiger partial charge in [0.2, 0.25) is 0 Å². The minimum absolute atomic E-state index is 0.573. The Morgan fingerprint density at radius 3 is 1.58 bits per heavy atom. The Morgan fingerprint density at radius 1 is 0.742 bits per heavy atom. The Morgan fingerprint density at radius 2 is 1.19 bits per heavy atom. The molecule has 0 saturated heterocycles. The smallest absolute Gasteiger partial charge is 0.338 e. The van der Waals surface area contributed by atoms with Gasteiger partial charge in [-0.3, -0.25) is 0 Å². The quantitative estimate of drug-likeness (QED) is 0.123. The molecule has 0 aromatic heterocycles. The number of hydrogen-bond acceptors (Lipinski definition) is 3. The van der Waals surface area contributed by atoms with E-state index in [-0.39, 0.29) is 0 Å². The van der Waals surface area contributed by atoms with E-state index in [9.17, 15) is 9.59 Å². The summed E-state index contributed by atoms with van der Waals surface area (Å²) >= 11 is 0. The summed E-state index contributed by atoms with van der Waals surface area (Å²) in [5.74, 6) is -1.15. The monoisotopic (exact) mass is 426 g/mol. The van der Waals surface area contributed by atoms with E-state index in [2.05, 4.69) is 25.2 Å². The Labute approximate surface area is 190 Å². The van der Waals surface area contributed by atoms with Crippen molar-refractivity contribution in [2.75, 3.05) is 0 Å². The molecule has 0 N–H and O–H groups in total. The van der Waals surface area contributed by atoms with Crippen molar-refractivity contribution in [2.45, 2.75) is 90.9 Å². The van der Waals surface area contributed by atoms with E-state index < -0.39 is 11.9 Å². The van der Waals surface area contributed by atoms with Gasteiger partial charge >= 0.3 is 11.9 Å². The molecule has 0 saturated carbocycles. The highest BCUT2D eigenvalue weighted by atomic mass is 16.6. The molecular formula is C28H42O3. The lowest BCUT2D eigenvalue weighted by Crippen LogP contribution is -2.06. The van der Waals surface area contributed by atoms with Crippen LogP contribution in [0.4, 0.5) is 0 Å². The first-order chi connectivity index (χ1) is 15.1. The highest BCUT2D eigenvalue weighted by molar-refractivity contribution is 5.96. The predicted octanol–water partition coefficient (Wildman–Crippen LogP) is 8.22. The van der Waals surface area contributed by atoms with Gasteiger partial charge < -0.3 is 4.74 Å². The number of benzene rings is 1. The zero-order chi connectivity index (χ0) is 23.0. The number of ether oxygens (including phenoxy) is 1. The maximum Gasteiger partial charge on any atom is 0.338 e. The van der Waals surface area contributed by atoms with Crippen molar-refractivity contribution in [1.29, 1.82) is 0 Å². The predicted molar refractivity (Wildman–Crippen MR) is 133 cm³/mol. The van der Waals surface area contributed by atoms with Gasteiger partial charge in [0.1, 0.15) is 0 Å². The third-order valence-electron chi connectivity index (χ3n) is 4.69. The minimum atomic E-state index is -0.573. The summed E-state index contributed by atoms with van der Waals surface area (Å²) in [6, 6.07) is 10.0. The largest absolute Gasteiger partial charge is 0.387 e. The van der Waals surface area contributed by atoms with Gasteiger partial charge in [-0.2, -0.15) is 0 Å². The molecule has 0 aliphatic heterocycles. The van der Waals surface area contributed by atoms with Gasteiger partial charge in [0.25, 0.3) is 0 Å². The van der Waals surface area contributed by atoms with E-state index in [4.69, 9.17) is 0 Å². The van der Waals surface area contributed by atoms with Crippen molar-refractivity contribution in [3.8, 4) is 0 Å². The van der Waals surface area contributed by atoms with E-state index >= 15 is 0 Å². The molecule has 0 spiro atoms. The van der Waals surface area contributed by atoms with Gasteiger partial charge in [-0.15, -0.1) is 0 Å². The number of rotatable bonds is 15. The standard InChI is InChI=1S/C20H34O3.C8H8/c1-3-5-7-9-11-13-15-17-19(21)23-20(22)18-16-14-12-10-8-6-4-2;1-2-8-6-4-3-5-7-8/h15-18H,3-14H2,1-2H3;2-7H,1H2. The molecule has 0 radical (unpaired) electrons. The van der Waals surface area contributed by atoms with Crippen LogP contribution in [0.5, 0.6) is 0 Å². The van der Waals surface area contributed by atoms with E-state index in [0.717, 1.165) is 25.7 Å². The lowest BCUT2D eigenvalue weighted by atomic mass is 10.1. The molecule has 3 heteroatoms. The Bertz CT molecular complexity index is 595. The number of unbranched alkanes of at least 4 members (excludes halogenated alkanes) is 10. The van der Waals surface area contributed by atoms with Gasteiger partial charge in [-0.25, -0.2) is 9.59 Å². The number of hydrogen-bond donors (Lipinski definition) is 0. The first-order valence-electron chi connectivity index (χ1n) is 11.9. The van der Waals surface area contributed by atoms with Crippen LogP contribution in [0.15, 0.2) is 61.2 Å². The molecule has 0 unspecified atom stereocenters. The average molecular weight is 427 g/mol. The zero-order valence-corrected chi connectivity index (χ0v) is 19.7. The SMILES string of the molecule is C=Cc1ccccc1.CCCCCCCC=CC(=O)OC(=O)C=CCCCCCCC. The van der Waals surface area contributed by atoms with Crippen LogP contribution in [0.25, 0.3) is 6.08 Å². The van der Waals surface area contributed by atoms with Crippen LogP contribution in [-0.2, 0) is 14.3 Å². The zero-order valence-electron chi connectivity index (χ0n) is 19.7. The molecule has 1 rings (SSSR count). The molecular weight excluding hydrogens is 384 g/mol. The summed E-state index contributed by atoms with van der Waals surface area (Å²) in [6.07, 6.45) is 21.9. The van der Waals surface area contributed by atoms with Crippen LogP contribution >= 0.6 is 0 Å². The molecule has 0 aliphatic carbocycles. The lowest BCUT2D eigenvalue weighted by molar-refractivity contribution is -0.152. The summed E-state index contributed by atoms with van der Waals surface area (Å²) in [5, 5.41) is 0. The van der Waals surface area contributed by atoms with Gasteiger partial charge in [0.05, 0.1) is 0 Å². The molecule has 1 aromatic rings. The molecule has 0 atom stereocenters. The molecule has 0 heterocycles. The van der Waals surface area contributed by atoms with Crippen molar-refractivity contribution in [1.82, 2.24) is 0 Å². The molecule has 172 valence electrons. The molecule has 0 bridgehead atoms. The van der Waals surface area contributed by atoms with Crippen molar-refractivity contribution >= 4 is 18.0 Å². The van der Waals surface area contributed by atoms with Crippen LogP contribution in [-0.4, -0.2) is 11.9 Å². The highest BCUT2D eigenvalue weighted by Crippen LogP contribution is 2.06. The topological polar surface area (TPSA) is 43.4 Å². The maximum absolute atomic E-state index is 11.4. The Balaban J connectivity index is 0.000000929. The van der Waals surface area contributed by atoms with Crippen molar-refractivity contribution in [3.05, 3.63) is 66.8 Å². The fraction of sp³-hybridized carbons (Fsp3) is 0.500. The summed E-state index contributed by atoms with van der Waals surface area (Å²) in [6.45, 7) is 8.01. The Kier molecular flexibility index (Phi) is 20.5. The lowest BCUT2D eigenvalue weighted by Gasteiger charge is -1.97. The Hall–Kier alpha value is -2.42. The molecule has 0 aliphatic rings. The van der Waals surface area contributed by atoms with Crippen molar-refractivity contribution < 1.29 is 14.3 Å². The van der Waals surface area contributed by atoms with E-state index in [1.54, 1.807) is 12.2 Å². The summed E-state index contributed by atoms with van der Waals surface area (Å²) < 4.78 is 4.69. The first kappa shape index (κ1) is 28.6. The molecule has 31 heavy (non-hydrogen) atoms. The van der Waals surface area contributed by atoms with Gasteiger partial charge in [0, 0.05) is 12.2 Å². The third-order valence-corrected chi connectivity index (χ3v) is 4.69. The fourth-order valence-corrected chi connectivity index (χ4v) is 2.85. The first-order valence-corrected chi connectivity index (χ1v) is 11.9.